The van der Waals surface area contributed by atoms with E-state index in [2.05, 4.69) is 65.3 Å². The molecule has 0 aliphatic heterocycles. The molecule has 0 saturated carbocycles. The summed E-state index contributed by atoms with van der Waals surface area (Å²) in [5.41, 5.74) is 3.70. The van der Waals surface area contributed by atoms with E-state index < -0.39 is 0 Å². The van der Waals surface area contributed by atoms with Crippen LogP contribution in [0.5, 0.6) is 0 Å². The van der Waals surface area contributed by atoms with Crippen molar-refractivity contribution < 1.29 is 0 Å². The fraction of sp³-hybridized carbons (Fsp3) is 0.333. The molecule has 6 heteroatoms. The number of rotatable bonds is 7. The second kappa shape index (κ2) is 7.15. The average Bonchev–Trinajstić information content (AvgIpc) is 3.23. The molecule has 0 aromatic carbocycles. The van der Waals surface area contributed by atoms with Crippen molar-refractivity contribution in [3.63, 3.8) is 0 Å². The maximum absolute atomic E-state index is 3.91. The van der Waals surface area contributed by atoms with Crippen LogP contribution in [0.2, 0.25) is 0 Å². The highest BCUT2D eigenvalue weighted by atomic mass is 32.1. The SMILES string of the molecule is C=CCN(Cc1ccc(C)s1)Cc1cc(C)n(-n2cnnc2)c1C. The van der Waals surface area contributed by atoms with Gasteiger partial charge in [-0.1, -0.05) is 6.08 Å². The molecule has 0 amide bonds. The van der Waals surface area contributed by atoms with Crippen molar-refractivity contribution in [3.8, 4) is 0 Å². The van der Waals surface area contributed by atoms with Gasteiger partial charge >= 0.3 is 0 Å². The number of hydrogen-bond donors (Lipinski definition) is 0. The maximum atomic E-state index is 3.91. The van der Waals surface area contributed by atoms with Crippen molar-refractivity contribution in [2.24, 2.45) is 0 Å². The third-order valence-electron chi connectivity index (χ3n) is 4.09. The van der Waals surface area contributed by atoms with Crippen molar-refractivity contribution in [2.75, 3.05) is 6.54 Å². The van der Waals surface area contributed by atoms with Gasteiger partial charge < -0.3 is 0 Å². The van der Waals surface area contributed by atoms with Crippen LogP contribution in [0.3, 0.4) is 0 Å². The third-order valence-corrected chi connectivity index (χ3v) is 5.08. The maximum Gasteiger partial charge on any atom is 0.139 e. The van der Waals surface area contributed by atoms with Gasteiger partial charge in [-0.05, 0) is 44.5 Å². The highest BCUT2D eigenvalue weighted by Gasteiger charge is 2.14. The predicted octanol–water partition coefficient (Wildman–Crippen LogP) is 3.57. The van der Waals surface area contributed by atoms with E-state index in [1.807, 2.05) is 22.1 Å². The molecule has 0 aliphatic carbocycles. The number of nitrogens with zero attached hydrogens (tertiary/aromatic N) is 5. The van der Waals surface area contributed by atoms with Crippen molar-refractivity contribution >= 4 is 11.3 Å². The largest absolute Gasteiger partial charge is 0.290 e. The average molecular weight is 341 g/mol. The van der Waals surface area contributed by atoms with Gasteiger partial charge in [-0.2, -0.15) is 0 Å². The van der Waals surface area contributed by atoms with Crippen LogP contribution in [0.25, 0.3) is 0 Å². The molecule has 3 rings (SSSR count). The second-order valence-electron chi connectivity index (χ2n) is 6.02. The minimum absolute atomic E-state index is 0.868. The third kappa shape index (κ3) is 3.49. The zero-order valence-corrected chi connectivity index (χ0v) is 15.3. The highest BCUT2D eigenvalue weighted by Crippen LogP contribution is 2.21. The van der Waals surface area contributed by atoms with Crippen LogP contribution >= 0.6 is 11.3 Å². The van der Waals surface area contributed by atoms with Crippen molar-refractivity contribution in [3.05, 3.63) is 70.2 Å². The van der Waals surface area contributed by atoms with Crippen molar-refractivity contribution in [1.29, 1.82) is 0 Å². The molecule has 0 saturated heterocycles. The molecule has 126 valence electrons. The van der Waals surface area contributed by atoms with E-state index in [1.165, 1.54) is 26.7 Å². The van der Waals surface area contributed by atoms with E-state index >= 15 is 0 Å². The fourth-order valence-electron chi connectivity index (χ4n) is 3.03. The topological polar surface area (TPSA) is 38.9 Å². The van der Waals surface area contributed by atoms with Gasteiger partial charge in [0.25, 0.3) is 0 Å². The lowest BCUT2D eigenvalue weighted by molar-refractivity contribution is 0.288. The molecule has 0 unspecified atom stereocenters. The molecule has 3 aromatic heterocycles. The molecule has 3 heterocycles. The van der Waals surface area contributed by atoms with E-state index in [4.69, 9.17) is 0 Å². The number of thiophene rings is 1. The van der Waals surface area contributed by atoms with Gasteiger partial charge in [-0.3, -0.25) is 9.58 Å². The lowest BCUT2D eigenvalue weighted by Gasteiger charge is -2.20. The molecule has 0 fully saturated rings. The quantitative estimate of drug-likeness (QED) is 0.617. The van der Waals surface area contributed by atoms with Gasteiger partial charge in [0.1, 0.15) is 12.7 Å². The molecule has 0 spiro atoms. The molecule has 3 aromatic rings. The van der Waals surface area contributed by atoms with Crippen LogP contribution in [0, 0.1) is 20.8 Å². The first-order valence-electron chi connectivity index (χ1n) is 8.00. The summed E-state index contributed by atoms with van der Waals surface area (Å²) in [7, 11) is 0. The minimum Gasteiger partial charge on any atom is -0.290 e. The highest BCUT2D eigenvalue weighted by molar-refractivity contribution is 7.11. The Morgan fingerprint density at radius 3 is 2.54 bits per heavy atom. The lowest BCUT2D eigenvalue weighted by atomic mass is 10.2. The summed E-state index contributed by atoms with van der Waals surface area (Å²) in [6.45, 7) is 13.0. The van der Waals surface area contributed by atoms with Crippen LogP contribution in [-0.2, 0) is 13.1 Å². The van der Waals surface area contributed by atoms with Crippen LogP contribution in [0.1, 0.15) is 26.7 Å². The fourth-order valence-corrected chi connectivity index (χ4v) is 3.96. The number of aromatic nitrogens is 4. The molecule has 5 nitrogen and oxygen atoms in total. The normalized spacial score (nSPS) is 11.3. The molecule has 0 N–H and O–H groups in total. The van der Waals surface area contributed by atoms with Gasteiger partial charge in [-0.25, -0.2) is 4.68 Å². The van der Waals surface area contributed by atoms with E-state index in [0.717, 1.165) is 19.6 Å². The Morgan fingerprint density at radius 1 is 1.17 bits per heavy atom. The van der Waals surface area contributed by atoms with Gasteiger partial charge in [0.2, 0.25) is 0 Å². The van der Waals surface area contributed by atoms with Crippen molar-refractivity contribution in [1.82, 2.24) is 24.4 Å². The van der Waals surface area contributed by atoms with E-state index in [1.54, 1.807) is 12.7 Å². The van der Waals surface area contributed by atoms with Gasteiger partial charge in [-0.15, -0.1) is 28.1 Å². The second-order valence-corrected chi connectivity index (χ2v) is 7.39. The summed E-state index contributed by atoms with van der Waals surface area (Å²) in [5, 5.41) is 7.82. The summed E-state index contributed by atoms with van der Waals surface area (Å²) in [6, 6.07) is 6.64. The zero-order valence-electron chi connectivity index (χ0n) is 14.4. The van der Waals surface area contributed by atoms with Crippen LogP contribution in [-0.4, -0.2) is 31.0 Å². The Hall–Kier alpha value is -2.18. The molecule has 24 heavy (non-hydrogen) atoms. The van der Waals surface area contributed by atoms with Gasteiger partial charge in [0.05, 0.1) is 0 Å². The summed E-state index contributed by atoms with van der Waals surface area (Å²) in [6.07, 6.45) is 5.42. The monoisotopic (exact) mass is 341 g/mol. The first-order valence-corrected chi connectivity index (χ1v) is 8.82. The Kier molecular flexibility index (Phi) is 4.97. The molecule has 0 aliphatic rings. The summed E-state index contributed by atoms with van der Waals surface area (Å²) in [4.78, 5) is 5.16. The van der Waals surface area contributed by atoms with Crippen molar-refractivity contribution in [2.45, 2.75) is 33.9 Å². The van der Waals surface area contributed by atoms with Gasteiger partial charge in [0.15, 0.2) is 0 Å². The predicted molar refractivity (Wildman–Crippen MR) is 98.1 cm³/mol. The Morgan fingerprint density at radius 2 is 1.92 bits per heavy atom. The molecular formula is C18H23N5S. The van der Waals surface area contributed by atoms with E-state index in [0.29, 0.717) is 0 Å². The summed E-state index contributed by atoms with van der Waals surface area (Å²) >= 11 is 1.86. The number of aryl methyl sites for hydroxylation is 2. The summed E-state index contributed by atoms with van der Waals surface area (Å²) < 4.78 is 4.05. The van der Waals surface area contributed by atoms with Crippen LogP contribution in [0.4, 0.5) is 0 Å². The summed E-state index contributed by atoms with van der Waals surface area (Å²) in [5.74, 6) is 0. The molecule has 0 bridgehead atoms. The Labute approximate surface area is 146 Å². The Bertz CT molecular complexity index is 813. The first kappa shape index (κ1) is 16.7. The molecular weight excluding hydrogens is 318 g/mol. The smallest absolute Gasteiger partial charge is 0.139 e. The lowest BCUT2D eigenvalue weighted by Crippen LogP contribution is -2.23. The first-order chi connectivity index (χ1) is 11.6. The van der Waals surface area contributed by atoms with Gasteiger partial charge in [0, 0.05) is 40.8 Å². The standard InChI is InChI=1S/C18H23N5S/c1-5-8-21(11-18-7-6-15(3)24-18)10-17-9-14(2)23(16(17)4)22-12-19-20-13-22/h5-7,9,12-13H,1,8,10-11H2,2-4H3. The van der Waals surface area contributed by atoms with Crippen LogP contribution in [0.15, 0.2) is 43.5 Å². The molecule has 0 radical (unpaired) electrons. The van der Waals surface area contributed by atoms with E-state index in [-0.39, 0.29) is 0 Å². The zero-order chi connectivity index (χ0) is 17.1. The Balaban J connectivity index is 1.82. The molecule has 0 atom stereocenters. The van der Waals surface area contributed by atoms with Crippen LogP contribution < -0.4 is 0 Å². The number of hydrogen-bond acceptors (Lipinski definition) is 4. The minimum atomic E-state index is 0.868. The van der Waals surface area contributed by atoms with E-state index in [9.17, 15) is 0 Å².